The molecule has 1 unspecified atom stereocenters. The summed E-state index contributed by atoms with van der Waals surface area (Å²) >= 11 is 6.43. The molecule has 0 fully saturated rings. The van der Waals surface area contributed by atoms with Crippen molar-refractivity contribution in [2.24, 2.45) is 0 Å². The van der Waals surface area contributed by atoms with Crippen LogP contribution in [-0.4, -0.2) is 21.0 Å². The molecule has 4 aromatic rings. The van der Waals surface area contributed by atoms with E-state index in [0.29, 0.717) is 16.9 Å². The van der Waals surface area contributed by atoms with Gasteiger partial charge in [-0.3, -0.25) is 0 Å². The Bertz CT molecular complexity index is 1370. The average Bonchev–Trinajstić information content (AvgIpc) is 2.79. The number of fused-ring (bicyclic) bond motifs is 1. The fourth-order valence-corrected chi connectivity index (χ4v) is 3.61. The van der Waals surface area contributed by atoms with Crippen molar-refractivity contribution < 1.29 is 8.78 Å². The number of anilines is 1. The van der Waals surface area contributed by atoms with Gasteiger partial charge in [-0.15, -0.1) is 0 Å². The quantitative estimate of drug-likeness (QED) is 0.276. The second kappa shape index (κ2) is 9.51. The molecule has 0 aliphatic rings. The molecule has 33 heavy (non-hydrogen) atoms. The normalized spacial score (nSPS) is 11.7. The van der Waals surface area contributed by atoms with E-state index in [1.807, 2.05) is 45.0 Å². The monoisotopic (exact) mass is 462 g/mol. The second-order valence-corrected chi connectivity index (χ2v) is 8.12. The summed E-state index contributed by atoms with van der Waals surface area (Å²) in [5.41, 5.74) is 2.97. The van der Waals surface area contributed by atoms with Gasteiger partial charge in [0.1, 0.15) is 22.3 Å². The van der Waals surface area contributed by atoms with Gasteiger partial charge in [0, 0.05) is 29.6 Å². The summed E-state index contributed by atoms with van der Waals surface area (Å²) in [5.74, 6) is 4.18. The summed E-state index contributed by atoms with van der Waals surface area (Å²) in [6, 6.07) is 9.97. The molecule has 4 rings (SSSR count). The molecule has 0 saturated heterocycles. The van der Waals surface area contributed by atoms with Crippen molar-refractivity contribution >= 4 is 28.5 Å². The molecule has 0 aliphatic carbocycles. The molecule has 0 spiro atoms. The third kappa shape index (κ3) is 4.79. The van der Waals surface area contributed by atoms with Gasteiger partial charge in [-0.25, -0.2) is 23.7 Å². The average molecular weight is 463 g/mol. The first-order valence-electron chi connectivity index (χ1n) is 10.5. The van der Waals surface area contributed by atoms with Crippen LogP contribution in [0.1, 0.15) is 37.0 Å². The molecule has 2 heterocycles. The predicted octanol–water partition coefficient (Wildman–Crippen LogP) is 6.54. The van der Waals surface area contributed by atoms with Crippen molar-refractivity contribution in [3.8, 4) is 23.0 Å². The van der Waals surface area contributed by atoms with Gasteiger partial charge in [-0.2, -0.15) is 0 Å². The highest BCUT2D eigenvalue weighted by molar-refractivity contribution is 6.33. The number of rotatable bonds is 4. The minimum absolute atomic E-state index is 0.00167. The van der Waals surface area contributed by atoms with Crippen LogP contribution in [0.2, 0.25) is 5.15 Å². The van der Waals surface area contributed by atoms with Gasteiger partial charge >= 0.3 is 0 Å². The first kappa shape index (κ1) is 22.6. The highest BCUT2D eigenvalue weighted by atomic mass is 35.5. The van der Waals surface area contributed by atoms with E-state index in [4.69, 9.17) is 11.6 Å². The molecule has 0 amide bonds. The van der Waals surface area contributed by atoms with Gasteiger partial charge < -0.3 is 5.32 Å². The van der Waals surface area contributed by atoms with E-state index in [9.17, 15) is 0 Å². The van der Waals surface area contributed by atoms with E-state index < -0.39 is 11.6 Å². The zero-order valence-electron chi connectivity index (χ0n) is 18.4. The maximum absolute atomic E-state index is 15.3. The van der Waals surface area contributed by atoms with Crippen molar-refractivity contribution in [1.29, 1.82) is 0 Å². The van der Waals surface area contributed by atoms with E-state index in [0.717, 1.165) is 17.5 Å². The summed E-state index contributed by atoms with van der Waals surface area (Å²) in [6.45, 7) is 5.93. The third-order valence-corrected chi connectivity index (χ3v) is 5.55. The molecule has 4 nitrogen and oxygen atoms in total. The first-order chi connectivity index (χ1) is 15.9. The number of nitrogens with one attached hydrogen (secondary N) is 1. The molecule has 2 aromatic heterocycles. The molecule has 0 aliphatic heterocycles. The van der Waals surface area contributed by atoms with Crippen LogP contribution in [0, 0.1) is 30.4 Å². The number of halogens is 3. The van der Waals surface area contributed by atoms with E-state index in [2.05, 4.69) is 32.1 Å². The minimum atomic E-state index is -0.789. The Morgan fingerprint density at radius 3 is 2.27 bits per heavy atom. The maximum atomic E-state index is 15.3. The number of nitrogens with zero attached hydrogens (tertiary/aromatic N) is 3. The molecular formula is C26H21ClF2N4. The van der Waals surface area contributed by atoms with E-state index in [-0.39, 0.29) is 27.9 Å². The van der Waals surface area contributed by atoms with Crippen LogP contribution in [-0.2, 0) is 0 Å². The Kier molecular flexibility index (Phi) is 6.52. The van der Waals surface area contributed by atoms with Crippen molar-refractivity contribution in [1.82, 2.24) is 15.0 Å². The highest BCUT2D eigenvalue weighted by Crippen LogP contribution is 2.40. The van der Waals surface area contributed by atoms with Crippen molar-refractivity contribution in [2.45, 2.75) is 33.2 Å². The lowest BCUT2D eigenvalue weighted by atomic mass is 10.0. The van der Waals surface area contributed by atoms with Crippen LogP contribution in [0.25, 0.3) is 22.3 Å². The van der Waals surface area contributed by atoms with Crippen molar-refractivity contribution in [3.63, 3.8) is 0 Å². The molecule has 2 aromatic carbocycles. The zero-order valence-corrected chi connectivity index (χ0v) is 19.1. The van der Waals surface area contributed by atoms with Crippen LogP contribution >= 0.6 is 11.6 Å². The number of aryl methyl sites for hydroxylation is 1. The summed E-state index contributed by atoms with van der Waals surface area (Å²) in [6.07, 6.45) is 3.76. The Hall–Kier alpha value is -3.56. The molecule has 0 saturated carbocycles. The lowest BCUT2D eigenvalue weighted by molar-refractivity contribution is 0.589. The molecular weight excluding hydrogens is 442 g/mol. The fraction of sp³-hybridized carbons (Fsp3) is 0.192. The minimum Gasteiger partial charge on any atom is -0.380 e. The SMILES string of the molecule is CCC(C)Nc1c(-c2c(F)cc(C#Cc3ccc(C)cc3)cc2F)c(Cl)nc2nccnc12. The fourth-order valence-electron chi connectivity index (χ4n) is 3.34. The number of hydrogen-bond donors (Lipinski definition) is 1. The largest absolute Gasteiger partial charge is 0.380 e. The Morgan fingerprint density at radius 2 is 1.61 bits per heavy atom. The van der Waals surface area contributed by atoms with Gasteiger partial charge in [0.15, 0.2) is 5.65 Å². The van der Waals surface area contributed by atoms with Gasteiger partial charge in [0.25, 0.3) is 0 Å². The molecule has 166 valence electrons. The Morgan fingerprint density at radius 1 is 0.970 bits per heavy atom. The van der Waals surface area contributed by atoms with Crippen molar-refractivity contribution in [2.75, 3.05) is 5.32 Å². The smallest absolute Gasteiger partial charge is 0.181 e. The summed E-state index contributed by atoms with van der Waals surface area (Å²) in [5, 5.41) is 3.21. The highest BCUT2D eigenvalue weighted by Gasteiger charge is 2.24. The van der Waals surface area contributed by atoms with Crippen LogP contribution in [0.5, 0.6) is 0 Å². The number of benzene rings is 2. The topological polar surface area (TPSA) is 50.7 Å². The van der Waals surface area contributed by atoms with Crippen LogP contribution in [0.4, 0.5) is 14.5 Å². The number of pyridine rings is 1. The first-order valence-corrected chi connectivity index (χ1v) is 10.9. The lowest BCUT2D eigenvalue weighted by Crippen LogP contribution is -2.16. The Balaban J connectivity index is 1.85. The molecule has 0 radical (unpaired) electrons. The maximum Gasteiger partial charge on any atom is 0.181 e. The van der Waals surface area contributed by atoms with E-state index in [1.54, 1.807) is 0 Å². The summed E-state index contributed by atoms with van der Waals surface area (Å²) < 4.78 is 30.6. The molecule has 1 N–H and O–H groups in total. The predicted molar refractivity (Wildman–Crippen MR) is 128 cm³/mol. The summed E-state index contributed by atoms with van der Waals surface area (Å²) in [4.78, 5) is 12.7. The van der Waals surface area contributed by atoms with Gasteiger partial charge in [-0.05, 0) is 44.5 Å². The number of aromatic nitrogens is 3. The Labute approximate surface area is 196 Å². The zero-order chi connectivity index (χ0) is 23.5. The second-order valence-electron chi connectivity index (χ2n) is 7.77. The molecule has 0 bridgehead atoms. The summed E-state index contributed by atoms with van der Waals surface area (Å²) in [7, 11) is 0. The van der Waals surface area contributed by atoms with Crippen LogP contribution in [0.3, 0.4) is 0 Å². The number of hydrogen-bond acceptors (Lipinski definition) is 4. The molecule has 1 atom stereocenters. The van der Waals surface area contributed by atoms with Crippen LogP contribution in [0.15, 0.2) is 48.8 Å². The van der Waals surface area contributed by atoms with Gasteiger partial charge in [-0.1, -0.05) is 48.1 Å². The van der Waals surface area contributed by atoms with Crippen LogP contribution < -0.4 is 5.32 Å². The van der Waals surface area contributed by atoms with E-state index in [1.165, 1.54) is 24.5 Å². The van der Waals surface area contributed by atoms with Gasteiger partial charge in [0.2, 0.25) is 0 Å². The van der Waals surface area contributed by atoms with Crippen molar-refractivity contribution in [3.05, 3.63) is 82.3 Å². The third-order valence-electron chi connectivity index (χ3n) is 5.27. The standard InChI is InChI=1S/C26H21ClF2N4/c1-4-16(3)32-23-22(25(27)33-26-24(23)30-11-12-31-26)21-19(28)13-18(14-20(21)29)10-9-17-7-5-15(2)6-8-17/h5-8,11-14,16H,4H2,1-3H3,(H,31,32,33). The van der Waals surface area contributed by atoms with Gasteiger partial charge in [0.05, 0.1) is 16.8 Å². The van der Waals surface area contributed by atoms with E-state index >= 15 is 8.78 Å². The lowest BCUT2D eigenvalue weighted by Gasteiger charge is -2.19. The molecule has 7 heteroatoms.